The van der Waals surface area contributed by atoms with Crippen LogP contribution >= 0.6 is 11.6 Å². The molecule has 3 heterocycles. The van der Waals surface area contributed by atoms with Crippen molar-refractivity contribution in [1.82, 2.24) is 19.6 Å². The summed E-state index contributed by atoms with van der Waals surface area (Å²) in [5, 5.41) is 28.5. The zero-order valence-electron chi connectivity index (χ0n) is 16.1. The lowest BCUT2D eigenvalue weighted by Gasteiger charge is -2.09. The maximum absolute atomic E-state index is 9.95. The number of aromatic hydroxyl groups is 2. The number of nitrogens with zero attached hydrogens (tertiary/aromatic N) is 4. The van der Waals surface area contributed by atoms with Gasteiger partial charge in [-0.1, -0.05) is 17.7 Å². The van der Waals surface area contributed by atoms with Crippen LogP contribution in [0.3, 0.4) is 0 Å². The molecule has 30 heavy (non-hydrogen) atoms. The number of H-pyrrole nitrogens is 1. The molecule has 0 spiro atoms. The van der Waals surface area contributed by atoms with E-state index in [0.717, 1.165) is 24.1 Å². The summed E-state index contributed by atoms with van der Waals surface area (Å²) in [6.45, 7) is 1.99. The third-order valence-electron chi connectivity index (χ3n) is 4.85. The van der Waals surface area contributed by atoms with E-state index in [0.29, 0.717) is 38.8 Å². The maximum Gasteiger partial charge on any atom is 0.198 e. The average molecular weight is 423 g/mol. The highest BCUT2D eigenvalue weighted by atomic mass is 35.5. The smallest absolute Gasteiger partial charge is 0.198 e. The third-order valence-corrected chi connectivity index (χ3v) is 5.18. The second-order valence-corrected chi connectivity index (χ2v) is 7.81. The molecule has 1 saturated carbocycles. The summed E-state index contributed by atoms with van der Waals surface area (Å²) < 4.78 is 1.68. The lowest BCUT2D eigenvalue weighted by atomic mass is 10.2. The Morgan fingerprint density at radius 3 is 2.83 bits per heavy atom. The highest BCUT2D eigenvalue weighted by Crippen LogP contribution is 2.26. The number of halogens is 1. The topological polar surface area (TPSA) is 111 Å². The normalized spacial score (nSPS) is 15.3. The van der Waals surface area contributed by atoms with Gasteiger partial charge in [0.25, 0.3) is 0 Å². The molecule has 8 nitrogen and oxygen atoms in total. The van der Waals surface area contributed by atoms with E-state index in [4.69, 9.17) is 21.6 Å². The van der Waals surface area contributed by atoms with Crippen LogP contribution in [-0.4, -0.2) is 35.8 Å². The number of rotatable bonds is 4. The molecule has 152 valence electrons. The summed E-state index contributed by atoms with van der Waals surface area (Å²) in [5.41, 5.74) is 3.53. The molecule has 1 aliphatic rings. The Morgan fingerprint density at radius 2 is 2.10 bits per heavy atom. The highest BCUT2D eigenvalue weighted by molar-refractivity contribution is 6.33. The van der Waals surface area contributed by atoms with Crippen LogP contribution in [0.15, 0.2) is 41.5 Å². The monoisotopic (exact) mass is 422 g/mol. The Hall–Kier alpha value is -3.52. The van der Waals surface area contributed by atoms with E-state index in [1.807, 2.05) is 31.2 Å². The molecule has 0 bridgehead atoms. The van der Waals surface area contributed by atoms with Crippen LogP contribution in [0.1, 0.15) is 24.0 Å². The number of anilines is 2. The van der Waals surface area contributed by atoms with Gasteiger partial charge in [-0.2, -0.15) is 9.61 Å². The van der Waals surface area contributed by atoms with Crippen molar-refractivity contribution in [3.8, 4) is 11.8 Å². The number of aromatic nitrogens is 4. The minimum absolute atomic E-state index is 0.121. The van der Waals surface area contributed by atoms with Gasteiger partial charge in [0.2, 0.25) is 0 Å². The molecule has 3 aromatic heterocycles. The maximum atomic E-state index is 9.95. The Bertz CT molecular complexity index is 1390. The molecule has 9 heteroatoms. The average Bonchev–Trinajstić information content (AvgIpc) is 3.34. The van der Waals surface area contributed by atoms with Crippen molar-refractivity contribution in [1.29, 1.82) is 0 Å². The molecule has 1 aliphatic carbocycles. The predicted octanol–water partition coefficient (Wildman–Crippen LogP) is 2.78. The Balaban J connectivity index is 1.68. The molecule has 0 aliphatic heterocycles. The van der Waals surface area contributed by atoms with E-state index >= 15 is 0 Å². The van der Waals surface area contributed by atoms with Crippen LogP contribution in [0.4, 0.5) is 11.5 Å². The summed E-state index contributed by atoms with van der Waals surface area (Å²) in [6.07, 6.45) is 5.48. The highest BCUT2D eigenvalue weighted by Gasteiger charge is 2.20. The minimum atomic E-state index is -0.129. The number of hydrogen-bond donors (Lipinski definition) is 4. The van der Waals surface area contributed by atoms with Gasteiger partial charge in [-0.25, -0.2) is 4.98 Å². The first-order valence-corrected chi connectivity index (χ1v) is 9.92. The molecule has 1 aromatic carbocycles. The van der Waals surface area contributed by atoms with Crippen LogP contribution in [0.5, 0.6) is 11.8 Å². The van der Waals surface area contributed by atoms with E-state index < -0.39 is 0 Å². The summed E-state index contributed by atoms with van der Waals surface area (Å²) in [7, 11) is 0. The summed E-state index contributed by atoms with van der Waals surface area (Å²) >= 11 is 6.34. The fourth-order valence-electron chi connectivity index (χ4n) is 3.21. The molecule has 5 rings (SSSR count). The number of fused-ring (bicyclic) bond motifs is 1. The lowest BCUT2D eigenvalue weighted by Crippen LogP contribution is -2.19. The second-order valence-electron chi connectivity index (χ2n) is 7.41. The van der Waals surface area contributed by atoms with Crippen molar-refractivity contribution in [3.63, 3.8) is 0 Å². The van der Waals surface area contributed by atoms with Crippen molar-refractivity contribution in [2.75, 3.05) is 5.32 Å². The lowest BCUT2D eigenvalue weighted by molar-refractivity contribution is 0.425. The van der Waals surface area contributed by atoms with Gasteiger partial charge in [0.1, 0.15) is 5.82 Å². The Labute approximate surface area is 176 Å². The first kappa shape index (κ1) is 18.5. The summed E-state index contributed by atoms with van der Waals surface area (Å²) in [5.74, 6) is 0.338. The zero-order chi connectivity index (χ0) is 20.8. The molecule has 1 fully saturated rings. The number of hydrogen-bond acceptors (Lipinski definition) is 6. The fraction of sp³-hybridized carbons (Fsp3) is 0.190. The minimum Gasteiger partial charge on any atom is -0.494 e. The van der Waals surface area contributed by atoms with E-state index in [1.54, 1.807) is 16.8 Å². The summed E-state index contributed by atoms with van der Waals surface area (Å²) in [4.78, 5) is 11.9. The van der Waals surface area contributed by atoms with Crippen molar-refractivity contribution in [3.05, 3.63) is 63.4 Å². The van der Waals surface area contributed by atoms with Crippen molar-refractivity contribution < 1.29 is 10.2 Å². The van der Waals surface area contributed by atoms with Crippen LogP contribution < -0.4 is 16.0 Å². The van der Waals surface area contributed by atoms with Crippen LogP contribution in [0, 0.1) is 6.92 Å². The number of benzene rings is 1. The first-order valence-electron chi connectivity index (χ1n) is 9.55. The quantitative estimate of drug-likeness (QED) is 0.404. The third kappa shape index (κ3) is 3.57. The molecule has 0 amide bonds. The van der Waals surface area contributed by atoms with Gasteiger partial charge in [0, 0.05) is 22.9 Å². The second kappa shape index (κ2) is 7.07. The Morgan fingerprint density at radius 1 is 1.27 bits per heavy atom. The van der Waals surface area contributed by atoms with Gasteiger partial charge >= 0.3 is 0 Å². The van der Waals surface area contributed by atoms with Crippen molar-refractivity contribution in [2.24, 2.45) is 4.99 Å². The molecular weight excluding hydrogens is 404 g/mol. The number of nitrogens with one attached hydrogen (secondary N) is 2. The molecule has 0 atom stereocenters. The summed E-state index contributed by atoms with van der Waals surface area (Å²) in [6, 6.07) is 9.32. The van der Waals surface area contributed by atoms with Gasteiger partial charge < -0.3 is 15.5 Å². The van der Waals surface area contributed by atoms with E-state index in [1.165, 1.54) is 6.07 Å². The molecule has 4 N–H and O–H groups in total. The Kier molecular flexibility index (Phi) is 4.36. The van der Waals surface area contributed by atoms with Crippen LogP contribution in [-0.2, 0) is 0 Å². The zero-order valence-corrected chi connectivity index (χ0v) is 16.9. The van der Waals surface area contributed by atoms with Gasteiger partial charge in [-0.15, -0.1) is 0 Å². The van der Waals surface area contributed by atoms with E-state index in [2.05, 4.69) is 15.4 Å². The van der Waals surface area contributed by atoms with Crippen LogP contribution in [0.2, 0.25) is 5.02 Å². The largest absolute Gasteiger partial charge is 0.494 e. The van der Waals surface area contributed by atoms with Gasteiger partial charge in [-0.05, 0) is 43.5 Å². The number of aromatic amines is 1. The molecule has 0 saturated heterocycles. The standard InChI is InChI=1S/C21H19ClN6O2/c1-11-2-5-15(22)16(6-11)25-17-9-18(24-14-3-4-14)28-20(26-17)13(10-23-28)7-12-8-19(29)27-21(12)30/h2,5-10,14,25,27,29-30H,3-4H2,1H3. The molecule has 0 unspecified atom stereocenters. The van der Waals surface area contributed by atoms with E-state index in [-0.39, 0.29) is 11.8 Å². The van der Waals surface area contributed by atoms with Crippen LogP contribution in [0.25, 0.3) is 11.7 Å². The molecule has 0 radical (unpaired) electrons. The van der Waals surface area contributed by atoms with Crippen molar-refractivity contribution >= 4 is 34.8 Å². The van der Waals surface area contributed by atoms with Crippen molar-refractivity contribution in [2.45, 2.75) is 25.8 Å². The SMILES string of the molecule is Cc1ccc(Cl)c(Nc2cc(=NC3CC3)n3ncc(=Cc4cc(O)[nH]c4O)c3n2)c1. The van der Waals surface area contributed by atoms with Gasteiger partial charge in [0.15, 0.2) is 22.9 Å². The van der Waals surface area contributed by atoms with E-state index in [9.17, 15) is 10.2 Å². The number of aryl methyl sites for hydroxylation is 1. The predicted molar refractivity (Wildman–Crippen MR) is 114 cm³/mol. The fourth-order valence-corrected chi connectivity index (χ4v) is 3.37. The first-order chi connectivity index (χ1) is 14.5. The molecule has 4 aromatic rings. The van der Waals surface area contributed by atoms with Gasteiger partial charge in [-0.3, -0.25) is 9.98 Å². The van der Waals surface area contributed by atoms with Gasteiger partial charge in [0.05, 0.1) is 22.9 Å². The molecular formula is C21H19ClN6O2.